The molecule has 0 unspecified atom stereocenters. The van der Waals surface area contributed by atoms with Crippen LogP contribution in [0, 0.1) is 0 Å². The van der Waals surface area contributed by atoms with E-state index in [1.165, 1.54) is 0 Å². The molecular formula is C15H15BClNO2S. The second kappa shape index (κ2) is 7.45. The van der Waals surface area contributed by atoms with Gasteiger partial charge in [0.15, 0.2) is 0 Å². The zero-order chi connectivity index (χ0) is 15.2. The Morgan fingerprint density at radius 3 is 2.62 bits per heavy atom. The maximum Gasteiger partial charge on any atom is 0.321 e. The van der Waals surface area contributed by atoms with Gasteiger partial charge in [0.2, 0.25) is 0 Å². The predicted octanol–water partition coefficient (Wildman–Crippen LogP) is 2.61. The molecule has 0 bridgehead atoms. The molecule has 2 rings (SSSR count). The van der Waals surface area contributed by atoms with Crippen LogP contribution in [-0.4, -0.2) is 17.1 Å². The highest BCUT2D eigenvalue weighted by Gasteiger charge is 2.13. The molecule has 2 aromatic carbocycles. The fourth-order valence-electron chi connectivity index (χ4n) is 1.86. The van der Waals surface area contributed by atoms with Crippen LogP contribution >= 0.6 is 23.8 Å². The molecule has 0 aliphatic heterocycles. The van der Waals surface area contributed by atoms with Gasteiger partial charge in [-0.25, -0.2) is 0 Å². The summed E-state index contributed by atoms with van der Waals surface area (Å²) in [5, 5.41) is 13.5. The van der Waals surface area contributed by atoms with Crippen molar-refractivity contribution in [2.24, 2.45) is 0 Å². The topological polar surface area (TPSA) is 41.5 Å². The Bertz CT molecular complexity index is 622. The molecule has 0 aliphatic carbocycles. The normalized spacial score (nSPS) is 10.0. The third kappa shape index (κ3) is 4.46. The Morgan fingerprint density at radius 2 is 1.95 bits per heavy atom. The molecule has 0 aromatic heterocycles. The molecule has 0 spiro atoms. The van der Waals surface area contributed by atoms with E-state index in [-0.39, 0.29) is 5.17 Å². The summed E-state index contributed by atoms with van der Waals surface area (Å²) in [6.45, 7) is 1.51. The van der Waals surface area contributed by atoms with Gasteiger partial charge in [-0.2, -0.15) is 0 Å². The number of nitrogens with one attached hydrogen (secondary N) is 1. The van der Waals surface area contributed by atoms with Gasteiger partial charge in [-0.15, -0.1) is 0 Å². The molecule has 108 valence electrons. The summed E-state index contributed by atoms with van der Waals surface area (Å²) in [7, 11) is 0. The fraction of sp³-hybridized carbons (Fsp3) is 0.133. The van der Waals surface area contributed by atoms with E-state index in [2.05, 4.69) is 5.32 Å². The zero-order valence-corrected chi connectivity index (χ0v) is 13.1. The van der Waals surface area contributed by atoms with E-state index in [0.717, 1.165) is 5.56 Å². The smallest absolute Gasteiger partial charge is 0.321 e. The fourth-order valence-corrected chi connectivity index (χ4v) is 2.38. The standard InChI is InChI=1S/C15H15BClNO2S/c1-16(19)13-9-5-6-11(14(13)17)10-18-15(21)20-12-7-3-2-4-8-12/h2-9,19H,10H2,1H3,(H,18,21). The van der Waals surface area contributed by atoms with Crippen molar-refractivity contribution in [2.75, 3.05) is 0 Å². The second-order valence-electron chi connectivity index (χ2n) is 4.55. The van der Waals surface area contributed by atoms with Crippen molar-refractivity contribution in [2.45, 2.75) is 13.4 Å². The molecule has 0 heterocycles. The maximum atomic E-state index is 9.65. The third-order valence-corrected chi connectivity index (χ3v) is 3.62. The van der Waals surface area contributed by atoms with Crippen LogP contribution in [0.25, 0.3) is 0 Å². The average Bonchev–Trinajstić information content (AvgIpc) is 2.47. The van der Waals surface area contributed by atoms with Gasteiger partial charge in [-0.3, -0.25) is 0 Å². The van der Waals surface area contributed by atoms with Gasteiger partial charge in [0.05, 0.1) is 0 Å². The lowest BCUT2D eigenvalue weighted by molar-refractivity contribution is 0.531. The molecule has 2 N–H and O–H groups in total. The summed E-state index contributed by atoms with van der Waals surface area (Å²) in [4.78, 5) is 0. The molecule has 0 saturated carbocycles. The highest BCUT2D eigenvalue weighted by molar-refractivity contribution is 7.80. The Morgan fingerprint density at radius 1 is 1.24 bits per heavy atom. The van der Waals surface area contributed by atoms with E-state index >= 15 is 0 Å². The molecule has 0 atom stereocenters. The molecule has 6 heteroatoms. The van der Waals surface area contributed by atoms with Crippen molar-refractivity contribution in [3.05, 3.63) is 59.1 Å². The number of halogens is 1. The average molecular weight is 320 g/mol. The Kier molecular flexibility index (Phi) is 5.62. The minimum absolute atomic E-state index is 0.278. The highest BCUT2D eigenvalue weighted by Crippen LogP contribution is 2.14. The Hall–Kier alpha value is -1.56. The molecule has 21 heavy (non-hydrogen) atoms. The van der Waals surface area contributed by atoms with Crippen LogP contribution < -0.4 is 15.5 Å². The van der Waals surface area contributed by atoms with Crippen LogP contribution in [0.5, 0.6) is 5.75 Å². The van der Waals surface area contributed by atoms with Crippen molar-refractivity contribution in [3.63, 3.8) is 0 Å². The number of para-hydroxylation sites is 1. The molecule has 3 nitrogen and oxygen atoms in total. The van der Waals surface area contributed by atoms with Crippen LogP contribution in [0.15, 0.2) is 48.5 Å². The van der Waals surface area contributed by atoms with Crippen molar-refractivity contribution in [1.29, 1.82) is 0 Å². The molecule has 0 radical (unpaired) electrons. The van der Waals surface area contributed by atoms with Crippen LogP contribution in [-0.2, 0) is 6.54 Å². The van der Waals surface area contributed by atoms with Gasteiger partial charge in [0.25, 0.3) is 5.17 Å². The van der Waals surface area contributed by atoms with E-state index < -0.39 is 6.92 Å². The minimum Gasteiger partial charge on any atom is -0.446 e. The van der Waals surface area contributed by atoms with Gasteiger partial charge in [0.1, 0.15) is 5.75 Å². The lowest BCUT2D eigenvalue weighted by atomic mass is 9.64. The van der Waals surface area contributed by atoms with E-state index in [0.29, 0.717) is 22.8 Å². The quantitative estimate of drug-likeness (QED) is 0.671. The largest absolute Gasteiger partial charge is 0.446 e. The van der Waals surface area contributed by atoms with Crippen LogP contribution in [0.4, 0.5) is 0 Å². The van der Waals surface area contributed by atoms with E-state index in [1.54, 1.807) is 12.9 Å². The Labute approximate surface area is 135 Å². The maximum absolute atomic E-state index is 9.65. The van der Waals surface area contributed by atoms with Gasteiger partial charge < -0.3 is 15.1 Å². The molecule has 2 aromatic rings. The second-order valence-corrected chi connectivity index (χ2v) is 5.30. The van der Waals surface area contributed by atoms with Crippen LogP contribution in [0.1, 0.15) is 5.56 Å². The monoisotopic (exact) mass is 319 g/mol. The molecule has 0 amide bonds. The molecule has 0 fully saturated rings. The Balaban J connectivity index is 1.97. The first-order chi connectivity index (χ1) is 10.1. The summed E-state index contributed by atoms with van der Waals surface area (Å²) >= 11 is 11.4. The number of rotatable bonds is 4. The molecular weight excluding hydrogens is 305 g/mol. The number of benzene rings is 2. The number of hydrogen-bond donors (Lipinski definition) is 2. The number of ether oxygens (including phenoxy) is 1. The van der Waals surface area contributed by atoms with Crippen molar-refractivity contribution in [1.82, 2.24) is 5.32 Å². The lowest BCUT2D eigenvalue weighted by Gasteiger charge is -2.12. The molecule has 0 saturated heterocycles. The summed E-state index contributed by atoms with van der Waals surface area (Å²) in [5.74, 6) is 0.679. The first kappa shape index (κ1) is 15.8. The molecule has 0 aliphatic rings. The predicted molar refractivity (Wildman–Crippen MR) is 91.4 cm³/mol. The van der Waals surface area contributed by atoms with Crippen molar-refractivity contribution >= 4 is 41.4 Å². The first-order valence-electron chi connectivity index (χ1n) is 6.54. The number of hydrogen-bond acceptors (Lipinski definition) is 3. The van der Waals surface area contributed by atoms with Crippen molar-refractivity contribution < 1.29 is 9.76 Å². The van der Waals surface area contributed by atoms with Gasteiger partial charge in [-0.05, 0) is 35.4 Å². The number of thiocarbonyl (C=S) groups is 1. The van der Waals surface area contributed by atoms with Crippen LogP contribution in [0.3, 0.4) is 0 Å². The highest BCUT2D eigenvalue weighted by atomic mass is 35.5. The van der Waals surface area contributed by atoms with Crippen molar-refractivity contribution in [3.8, 4) is 5.75 Å². The third-order valence-electron chi connectivity index (χ3n) is 2.94. The minimum atomic E-state index is -0.607. The SMILES string of the molecule is CB(O)c1cccc(CNC(=S)Oc2ccccc2)c1Cl. The summed E-state index contributed by atoms with van der Waals surface area (Å²) < 4.78 is 5.48. The summed E-state index contributed by atoms with van der Waals surface area (Å²) in [6.07, 6.45) is 0. The van der Waals surface area contributed by atoms with E-state index in [4.69, 9.17) is 28.6 Å². The van der Waals surface area contributed by atoms with Gasteiger partial charge in [0, 0.05) is 11.6 Å². The van der Waals surface area contributed by atoms with Crippen LogP contribution in [0.2, 0.25) is 11.8 Å². The van der Waals surface area contributed by atoms with Gasteiger partial charge in [-0.1, -0.05) is 54.8 Å². The summed E-state index contributed by atoms with van der Waals surface area (Å²) in [5.41, 5.74) is 1.56. The zero-order valence-electron chi connectivity index (χ0n) is 11.5. The van der Waals surface area contributed by atoms with E-state index in [1.807, 2.05) is 42.5 Å². The van der Waals surface area contributed by atoms with E-state index in [9.17, 15) is 5.02 Å². The summed E-state index contributed by atoms with van der Waals surface area (Å²) in [6, 6.07) is 14.9. The lowest BCUT2D eigenvalue weighted by Crippen LogP contribution is -2.30. The van der Waals surface area contributed by atoms with Gasteiger partial charge >= 0.3 is 6.92 Å². The first-order valence-corrected chi connectivity index (χ1v) is 7.32.